The van der Waals surface area contributed by atoms with Gasteiger partial charge in [-0.2, -0.15) is 5.10 Å². The molecule has 2 aromatic rings. The van der Waals surface area contributed by atoms with Crippen LogP contribution in [0.5, 0.6) is 11.5 Å². The molecule has 0 spiro atoms. The molecule has 1 aliphatic rings. The number of fused-ring (bicyclic) bond motifs is 1. The lowest BCUT2D eigenvalue weighted by atomic mass is 10.0. The van der Waals surface area contributed by atoms with Gasteiger partial charge in [0.2, 0.25) is 0 Å². The average Bonchev–Trinajstić information content (AvgIpc) is 2.80. The highest BCUT2D eigenvalue weighted by atomic mass is 16.6. The number of nitrogens with two attached hydrogens (primary N) is 2. The summed E-state index contributed by atoms with van der Waals surface area (Å²) in [4.78, 5) is 0. The number of nitrogen functional groups attached to an aromatic ring is 1. The molecule has 7 heteroatoms. The minimum atomic E-state index is -0.250. The molecule has 1 atom stereocenters. The van der Waals surface area contributed by atoms with Crippen LogP contribution in [0.15, 0.2) is 24.4 Å². The average molecular weight is 275 g/mol. The fourth-order valence-electron chi connectivity index (χ4n) is 2.29. The van der Waals surface area contributed by atoms with Crippen LogP contribution in [-0.4, -0.2) is 23.0 Å². The molecule has 0 radical (unpaired) electrons. The normalized spacial score (nSPS) is 15.1. The molecule has 0 saturated heterocycles. The second kappa shape index (κ2) is 5.03. The topological polar surface area (TPSA) is 100 Å². The van der Waals surface area contributed by atoms with Crippen LogP contribution in [-0.2, 0) is 7.05 Å². The van der Waals surface area contributed by atoms with Gasteiger partial charge in [-0.25, -0.2) is 5.43 Å². The van der Waals surface area contributed by atoms with Gasteiger partial charge in [0, 0.05) is 12.6 Å². The number of aryl methyl sites for hydroxylation is 1. The highest BCUT2D eigenvalue weighted by molar-refractivity contribution is 5.50. The van der Waals surface area contributed by atoms with Crippen LogP contribution in [0, 0.1) is 0 Å². The van der Waals surface area contributed by atoms with E-state index in [-0.39, 0.29) is 6.04 Å². The molecular weight excluding hydrogens is 258 g/mol. The first-order valence-electron chi connectivity index (χ1n) is 6.33. The molecule has 0 fully saturated rings. The van der Waals surface area contributed by atoms with Crippen molar-refractivity contribution in [2.45, 2.75) is 6.04 Å². The van der Waals surface area contributed by atoms with Crippen molar-refractivity contribution in [2.24, 2.45) is 12.9 Å². The number of aromatic nitrogens is 2. The number of rotatable bonds is 3. The smallest absolute Gasteiger partial charge is 0.161 e. The summed E-state index contributed by atoms with van der Waals surface area (Å²) in [6.07, 6.45) is 1.71. The van der Waals surface area contributed by atoms with Gasteiger partial charge in [0.25, 0.3) is 0 Å². The van der Waals surface area contributed by atoms with Crippen molar-refractivity contribution in [3.05, 3.63) is 35.5 Å². The van der Waals surface area contributed by atoms with Crippen molar-refractivity contribution < 1.29 is 9.47 Å². The van der Waals surface area contributed by atoms with Crippen LogP contribution < -0.4 is 26.5 Å². The van der Waals surface area contributed by atoms with Crippen molar-refractivity contribution in [3.8, 4) is 11.5 Å². The number of hydrazine groups is 1. The van der Waals surface area contributed by atoms with E-state index in [4.69, 9.17) is 21.1 Å². The Balaban J connectivity index is 1.99. The third kappa shape index (κ3) is 2.06. The number of hydrogen-bond acceptors (Lipinski definition) is 6. The van der Waals surface area contributed by atoms with Gasteiger partial charge in [0.15, 0.2) is 11.5 Å². The number of ether oxygens (including phenoxy) is 2. The van der Waals surface area contributed by atoms with Crippen LogP contribution in [0.2, 0.25) is 0 Å². The van der Waals surface area contributed by atoms with Gasteiger partial charge < -0.3 is 15.2 Å². The van der Waals surface area contributed by atoms with E-state index in [0.717, 1.165) is 22.6 Å². The third-order valence-corrected chi connectivity index (χ3v) is 3.39. The molecule has 7 nitrogen and oxygen atoms in total. The first-order chi connectivity index (χ1) is 9.70. The summed E-state index contributed by atoms with van der Waals surface area (Å²) in [5.41, 5.74) is 10.5. The van der Waals surface area contributed by atoms with Crippen molar-refractivity contribution >= 4 is 5.82 Å². The number of nitrogens with zero attached hydrogens (tertiary/aromatic N) is 2. The summed E-state index contributed by atoms with van der Waals surface area (Å²) in [5, 5.41) is 4.14. The third-order valence-electron chi connectivity index (χ3n) is 3.39. The van der Waals surface area contributed by atoms with Crippen molar-refractivity contribution in [1.82, 2.24) is 15.2 Å². The van der Waals surface area contributed by atoms with Gasteiger partial charge in [-0.3, -0.25) is 10.5 Å². The molecule has 1 aliphatic heterocycles. The molecule has 1 aromatic carbocycles. The molecule has 3 rings (SSSR count). The summed E-state index contributed by atoms with van der Waals surface area (Å²) in [6, 6.07) is 5.47. The lowest BCUT2D eigenvalue weighted by molar-refractivity contribution is 0.171. The zero-order valence-electron chi connectivity index (χ0n) is 11.2. The number of hydrogen-bond donors (Lipinski definition) is 3. The highest BCUT2D eigenvalue weighted by Crippen LogP contribution is 2.35. The summed E-state index contributed by atoms with van der Waals surface area (Å²) in [6.45, 7) is 1.12. The van der Waals surface area contributed by atoms with Gasteiger partial charge >= 0.3 is 0 Å². The largest absolute Gasteiger partial charge is 0.486 e. The highest BCUT2D eigenvalue weighted by Gasteiger charge is 2.21. The van der Waals surface area contributed by atoms with E-state index in [0.29, 0.717) is 19.0 Å². The monoisotopic (exact) mass is 275 g/mol. The molecule has 0 saturated carbocycles. The Morgan fingerprint density at radius 1 is 1.30 bits per heavy atom. The predicted octanol–water partition coefficient (Wildman–Crippen LogP) is 0.326. The quantitative estimate of drug-likeness (QED) is 0.551. The molecule has 0 bridgehead atoms. The first-order valence-corrected chi connectivity index (χ1v) is 6.33. The van der Waals surface area contributed by atoms with Gasteiger partial charge in [0.05, 0.1) is 12.2 Å². The molecule has 20 heavy (non-hydrogen) atoms. The lowest BCUT2D eigenvalue weighted by Crippen LogP contribution is -2.29. The van der Waals surface area contributed by atoms with Crippen molar-refractivity contribution in [2.75, 3.05) is 18.9 Å². The standard InChI is InChI=1S/C13H17N5O2/c1-18-13(14)9(7-16-18)12(17-15)8-2-3-10-11(6-8)20-5-4-19-10/h2-3,6-7,12,17H,4-5,14-15H2,1H3. The Bertz CT molecular complexity index is 625. The molecule has 1 unspecified atom stereocenters. The van der Waals surface area contributed by atoms with E-state index in [9.17, 15) is 0 Å². The number of benzene rings is 1. The van der Waals surface area contributed by atoms with Crippen LogP contribution in [0.3, 0.4) is 0 Å². The van der Waals surface area contributed by atoms with Crippen LogP contribution in [0.1, 0.15) is 17.2 Å². The Morgan fingerprint density at radius 3 is 2.70 bits per heavy atom. The van der Waals surface area contributed by atoms with Gasteiger partial charge in [-0.1, -0.05) is 6.07 Å². The van der Waals surface area contributed by atoms with Crippen LogP contribution in [0.25, 0.3) is 0 Å². The Hall–Kier alpha value is -2.25. The number of nitrogens with one attached hydrogen (secondary N) is 1. The first kappa shape index (κ1) is 12.8. The zero-order valence-corrected chi connectivity index (χ0v) is 11.2. The summed E-state index contributed by atoms with van der Waals surface area (Å²) in [5.74, 6) is 7.71. The molecule has 2 heterocycles. The Kier molecular flexibility index (Phi) is 3.21. The molecule has 0 amide bonds. The summed E-state index contributed by atoms with van der Waals surface area (Å²) < 4.78 is 12.7. The van der Waals surface area contributed by atoms with Gasteiger partial charge in [-0.05, 0) is 17.7 Å². The van der Waals surface area contributed by atoms with Gasteiger partial charge in [-0.15, -0.1) is 0 Å². The van der Waals surface area contributed by atoms with E-state index in [1.165, 1.54) is 0 Å². The molecule has 1 aromatic heterocycles. The fraction of sp³-hybridized carbons (Fsp3) is 0.308. The Morgan fingerprint density at radius 2 is 2.05 bits per heavy atom. The van der Waals surface area contributed by atoms with E-state index in [2.05, 4.69) is 10.5 Å². The second-order valence-corrected chi connectivity index (χ2v) is 4.61. The fourth-order valence-corrected chi connectivity index (χ4v) is 2.29. The number of anilines is 1. The van der Waals surface area contributed by atoms with E-state index in [1.54, 1.807) is 17.9 Å². The molecule has 106 valence electrons. The molecule has 0 aliphatic carbocycles. The summed E-state index contributed by atoms with van der Waals surface area (Å²) in [7, 11) is 1.79. The maximum absolute atomic E-state index is 6.00. The zero-order chi connectivity index (χ0) is 14.1. The molecule has 5 N–H and O–H groups in total. The minimum Gasteiger partial charge on any atom is -0.486 e. The van der Waals surface area contributed by atoms with Crippen molar-refractivity contribution in [1.29, 1.82) is 0 Å². The van der Waals surface area contributed by atoms with E-state index >= 15 is 0 Å². The van der Waals surface area contributed by atoms with Crippen molar-refractivity contribution in [3.63, 3.8) is 0 Å². The summed E-state index contributed by atoms with van der Waals surface area (Å²) >= 11 is 0. The minimum absolute atomic E-state index is 0.250. The van der Waals surface area contributed by atoms with E-state index in [1.807, 2.05) is 18.2 Å². The second-order valence-electron chi connectivity index (χ2n) is 4.61. The Labute approximate surface area is 116 Å². The van der Waals surface area contributed by atoms with Gasteiger partial charge in [0.1, 0.15) is 19.0 Å². The predicted molar refractivity (Wildman–Crippen MR) is 74.2 cm³/mol. The van der Waals surface area contributed by atoms with Crippen LogP contribution >= 0.6 is 0 Å². The lowest BCUT2D eigenvalue weighted by Gasteiger charge is -2.21. The van der Waals surface area contributed by atoms with E-state index < -0.39 is 0 Å². The maximum atomic E-state index is 6.00. The van der Waals surface area contributed by atoms with Crippen LogP contribution in [0.4, 0.5) is 5.82 Å². The molecular formula is C13H17N5O2. The SMILES string of the molecule is Cn1ncc(C(NN)c2ccc3c(c2)OCCO3)c1N. The maximum Gasteiger partial charge on any atom is 0.161 e.